The molecule has 38 heavy (non-hydrogen) atoms. The van der Waals surface area contributed by atoms with E-state index < -0.39 is 12.1 Å². The number of alkyl halides is 3. The van der Waals surface area contributed by atoms with Crippen LogP contribution in [0.2, 0.25) is 0 Å². The van der Waals surface area contributed by atoms with Gasteiger partial charge in [-0.15, -0.1) is 13.2 Å². The lowest BCUT2D eigenvalue weighted by atomic mass is 9.87. The van der Waals surface area contributed by atoms with Crippen LogP contribution < -0.4 is 10.5 Å². The zero-order valence-electron chi connectivity index (χ0n) is 22.5. The third kappa shape index (κ3) is 4.36. The second kappa shape index (κ2) is 8.82. The molecule has 11 heteroatoms. The van der Waals surface area contributed by atoms with E-state index in [1.54, 1.807) is 0 Å². The second-order valence-corrected chi connectivity index (χ2v) is 12.2. The van der Waals surface area contributed by atoms with Gasteiger partial charge in [-0.25, -0.2) is 4.98 Å². The van der Waals surface area contributed by atoms with Crippen LogP contribution in [0.3, 0.4) is 0 Å². The van der Waals surface area contributed by atoms with E-state index in [0.29, 0.717) is 29.1 Å². The van der Waals surface area contributed by atoms with Crippen molar-refractivity contribution in [1.29, 1.82) is 0 Å². The van der Waals surface area contributed by atoms with Crippen LogP contribution in [0.4, 0.5) is 19.0 Å². The predicted molar refractivity (Wildman–Crippen MR) is 137 cm³/mol. The van der Waals surface area contributed by atoms with Gasteiger partial charge in [0.25, 0.3) is 0 Å². The van der Waals surface area contributed by atoms with Gasteiger partial charge in [-0.3, -0.25) is 9.58 Å². The maximum Gasteiger partial charge on any atom is 0.573 e. The van der Waals surface area contributed by atoms with E-state index in [1.807, 2.05) is 6.07 Å². The van der Waals surface area contributed by atoms with Crippen molar-refractivity contribution in [2.24, 2.45) is 11.3 Å². The number of aromatic nitrogens is 3. The van der Waals surface area contributed by atoms with Crippen LogP contribution in [0.1, 0.15) is 57.7 Å². The number of nitrogens with zero attached hydrogens (tertiary/aromatic N) is 5. The third-order valence-electron chi connectivity index (χ3n) is 9.49. The molecule has 0 amide bonds. The number of pyridine rings is 1. The predicted octanol–water partition coefficient (Wildman–Crippen LogP) is 4.30. The van der Waals surface area contributed by atoms with E-state index in [4.69, 9.17) is 15.6 Å². The summed E-state index contributed by atoms with van der Waals surface area (Å²) in [5.41, 5.74) is 8.06. The summed E-state index contributed by atoms with van der Waals surface area (Å²) in [6, 6.07) is 4.05. The minimum absolute atomic E-state index is 0.00591. The zero-order chi connectivity index (χ0) is 27.0. The van der Waals surface area contributed by atoms with Gasteiger partial charge < -0.3 is 20.1 Å². The summed E-state index contributed by atoms with van der Waals surface area (Å²) in [6.07, 6.45) is -0.191. The van der Waals surface area contributed by atoms with Crippen LogP contribution in [-0.4, -0.2) is 82.4 Å². The minimum Gasteiger partial charge on any atom is -0.402 e. The Kier molecular flexibility index (Phi) is 6.01. The summed E-state index contributed by atoms with van der Waals surface area (Å²) in [7, 11) is 2.17. The lowest BCUT2D eigenvalue weighted by molar-refractivity contribution is -0.274. The van der Waals surface area contributed by atoms with Crippen LogP contribution in [0.5, 0.6) is 5.75 Å². The van der Waals surface area contributed by atoms with Crippen LogP contribution >= 0.6 is 0 Å². The molecule has 0 radical (unpaired) electrons. The Labute approximate surface area is 221 Å². The standard InChI is InChI=1S/C27H37F3N6O2/c1-5-16(2)36-21(10-20(33-36)17-8-22(24(31)32-12-17)38-27(28,29)30)23-19-9-18(11-25(19,23)3)35-14-26(15-35)13-34(4)6-7-37-26/h8,10,12,16,18-19,23H,5-7,9,11,13-15H2,1-4H3,(H2,31,32). The molecule has 1 spiro atoms. The maximum atomic E-state index is 12.9. The molecule has 0 bridgehead atoms. The van der Waals surface area contributed by atoms with E-state index in [1.165, 1.54) is 12.3 Å². The summed E-state index contributed by atoms with van der Waals surface area (Å²) >= 11 is 0. The minimum atomic E-state index is -4.85. The molecule has 4 heterocycles. The number of nitrogens with two attached hydrogens (primary N) is 1. The van der Waals surface area contributed by atoms with Crippen molar-refractivity contribution in [3.05, 3.63) is 24.0 Å². The number of ether oxygens (including phenoxy) is 2. The van der Waals surface area contributed by atoms with Gasteiger partial charge in [0.2, 0.25) is 0 Å². The van der Waals surface area contributed by atoms with Gasteiger partial charge in [-0.05, 0) is 56.7 Å². The van der Waals surface area contributed by atoms with Crippen LogP contribution in [0.15, 0.2) is 18.3 Å². The van der Waals surface area contributed by atoms with E-state index in [9.17, 15) is 13.2 Å². The van der Waals surface area contributed by atoms with Gasteiger partial charge in [0.1, 0.15) is 5.60 Å². The Bertz CT molecular complexity index is 1210. The number of fused-ring (bicyclic) bond motifs is 1. The lowest BCUT2D eigenvalue weighted by Crippen LogP contribution is -2.71. The molecule has 208 valence electrons. The first-order valence-electron chi connectivity index (χ1n) is 13.6. The monoisotopic (exact) mass is 534 g/mol. The fraction of sp³-hybridized carbons (Fsp3) is 0.704. The molecule has 2 aromatic heterocycles. The molecular formula is C27H37F3N6O2. The summed E-state index contributed by atoms with van der Waals surface area (Å²) in [5, 5.41) is 4.85. The van der Waals surface area contributed by atoms with E-state index in [-0.39, 0.29) is 22.9 Å². The highest BCUT2D eigenvalue weighted by Gasteiger charge is 2.69. The van der Waals surface area contributed by atoms with Crippen LogP contribution in [0, 0.1) is 11.3 Å². The topological polar surface area (TPSA) is 81.7 Å². The van der Waals surface area contributed by atoms with E-state index in [2.05, 4.69) is 52.0 Å². The highest BCUT2D eigenvalue weighted by molar-refractivity contribution is 5.64. The average Bonchev–Trinajstić information content (AvgIpc) is 3.14. The summed E-state index contributed by atoms with van der Waals surface area (Å²) in [4.78, 5) is 8.92. The van der Waals surface area contributed by atoms with Gasteiger partial charge in [-0.2, -0.15) is 5.10 Å². The second-order valence-electron chi connectivity index (χ2n) is 12.2. The summed E-state index contributed by atoms with van der Waals surface area (Å²) in [5.74, 6) is 0.142. The molecule has 2 saturated heterocycles. The van der Waals surface area contributed by atoms with Crippen LogP contribution in [-0.2, 0) is 4.74 Å². The first-order chi connectivity index (χ1) is 17.9. The van der Waals surface area contributed by atoms with Crippen molar-refractivity contribution in [2.75, 3.05) is 45.6 Å². The SMILES string of the molecule is CCC(C)n1nc(-c2cnc(N)c(OC(F)(F)F)c2)cc1C1C2CC(N3CC4(CN(C)CCO4)C3)CC21C. The Hall–Kier alpha value is -2.37. The fourth-order valence-corrected chi connectivity index (χ4v) is 7.34. The number of hydrogen-bond donors (Lipinski definition) is 1. The highest BCUT2D eigenvalue weighted by atomic mass is 19.4. The Balaban J connectivity index is 1.20. The van der Waals surface area contributed by atoms with E-state index >= 15 is 0 Å². The Morgan fingerprint density at radius 2 is 2.03 bits per heavy atom. The third-order valence-corrected chi connectivity index (χ3v) is 9.49. The normalized spacial score (nSPS) is 31.7. The smallest absolute Gasteiger partial charge is 0.402 e. The Morgan fingerprint density at radius 1 is 1.26 bits per heavy atom. The molecule has 2 aliphatic carbocycles. The van der Waals surface area contributed by atoms with Crippen LogP contribution in [0.25, 0.3) is 11.3 Å². The van der Waals surface area contributed by atoms with Crippen molar-refractivity contribution in [3.8, 4) is 17.0 Å². The largest absolute Gasteiger partial charge is 0.573 e. The van der Waals surface area contributed by atoms with Crippen molar-refractivity contribution >= 4 is 5.82 Å². The van der Waals surface area contributed by atoms with Crippen molar-refractivity contribution in [3.63, 3.8) is 0 Å². The molecule has 8 nitrogen and oxygen atoms in total. The number of nitrogen functional groups attached to an aromatic ring is 1. The number of halogens is 3. The van der Waals surface area contributed by atoms with Gasteiger partial charge >= 0.3 is 6.36 Å². The van der Waals surface area contributed by atoms with Crippen molar-refractivity contribution < 1.29 is 22.6 Å². The fourth-order valence-electron chi connectivity index (χ4n) is 7.34. The highest BCUT2D eigenvalue weighted by Crippen LogP contribution is 2.74. The Morgan fingerprint density at radius 3 is 2.66 bits per heavy atom. The molecule has 4 aliphatic rings. The molecule has 2 saturated carbocycles. The average molecular weight is 535 g/mol. The van der Waals surface area contributed by atoms with E-state index in [0.717, 1.165) is 57.7 Å². The zero-order valence-corrected chi connectivity index (χ0v) is 22.5. The number of likely N-dealkylation sites (N-methyl/N-ethyl adjacent to an activating group) is 1. The molecule has 6 rings (SSSR count). The number of rotatable bonds is 6. The number of morpholine rings is 1. The molecule has 4 fully saturated rings. The van der Waals surface area contributed by atoms with Crippen molar-refractivity contribution in [1.82, 2.24) is 24.6 Å². The molecule has 2 N–H and O–H groups in total. The lowest BCUT2D eigenvalue weighted by Gasteiger charge is -2.55. The number of anilines is 1. The maximum absolute atomic E-state index is 12.9. The number of hydrogen-bond acceptors (Lipinski definition) is 7. The van der Waals surface area contributed by atoms with Gasteiger partial charge in [0, 0.05) is 61.6 Å². The van der Waals surface area contributed by atoms with Gasteiger partial charge in [0.15, 0.2) is 11.6 Å². The summed E-state index contributed by atoms with van der Waals surface area (Å²) in [6.45, 7) is 11.5. The molecule has 2 aromatic rings. The molecule has 2 aliphatic heterocycles. The molecule has 0 aromatic carbocycles. The number of likely N-dealkylation sites (tertiary alicyclic amines) is 1. The van der Waals surface area contributed by atoms with Gasteiger partial charge in [-0.1, -0.05) is 13.8 Å². The van der Waals surface area contributed by atoms with Gasteiger partial charge in [0.05, 0.1) is 12.3 Å². The first kappa shape index (κ1) is 25.9. The first-order valence-corrected chi connectivity index (χ1v) is 13.6. The van der Waals surface area contributed by atoms with Crippen molar-refractivity contribution in [2.45, 2.75) is 70.0 Å². The molecule has 5 atom stereocenters. The molecule has 5 unspecified atom stereocenters. The summed E-state index contributed by atoms with van der Waals surface area (Å²) < 4.78 is 50.9. The molecular weight excluding hydrogens is 497 g/mol. The quantitative estimate of drug-likeness (QED) is 0.592.